The molecule has 3 nitrogen and oxygen atoms in total. The van der Waals surface area contributed by atoms with Crippen molar-refractivity contribution < 1.29 is 4.79 Å². The third-order valence-corrected chi connectivity index (χ3v) is 4.78. The van der Waals surface area contributed by atoms with Gasteiger partial charge in [0.15, 0.2) is 0 Å². The first-order chi connectivity index (χ1) is 10.3. The molecule has 1 N–H and O–H groups in total. The van der Waals surface area contributed by atoms with Crippen LogP contribution < -0.4 is 0 Å². The second-order valence-electron chi connectivity index (χ2n) is 5.80. The lowest BCUT2D eigenvalue weighted by Gasteiger charge is -2.30. The second-order valence-corrected chi connectivity index (χ2v) is 5.80. The number of amides is 1. The number of benzene rings is 2. The van der Waals surface area contributed by atoms with Gasteiger partial charge in [-0.05, 0) is 29.7 Å². The van der Waals surface area contributed by atoms with Crippen LogP contribution in [0.5, 0.6) is 0 Å². The zero-order valence-electron chi connectivity index (χ0n) is 11.5. The molecule has 1 atom stereocenters. The van der Waals surface area contributed by atoms with Crippen LogP contribution in [0.4, 0.5) is 0 Å². The Labute approximate surface area is 122 Å². The molecular weight excluding hydrogens is 260 g/mol. The molecule has 2 aromatic carbocycles. The maximum absolute atomic E-state index is 12.6. The van der Waals surface area contributed by atoms with Gasteiger partial charge < -0.3 is 9.88 Å². The molecule has 0 fully saturated rings. The number of carbonyl (C=O) groups excluding carboxylic acids is 1. The smallest absolute Gasteiger partial charge is 0.255 e. The van der Waals surface area contributed by atoms with Crippen molar-refractivity contribution in [1.82, 2.24) is 9.88 Å². The highest BCUT2D eigenvalue weighted by atomic mass is 16.2. The Morgan fingerprint density at radius 2 is 1.86 bits per heavy atom. The minimum atomic E-state index is 0.0600. The van der Waals surface area contributed by atoms with Gasteiger partial charge >= 0.3 is 0 Å². The fraction of sp³-hybridized carbons (Fsp3) is 0.167. The molecule has 3 aromatic rings. The Hall–Kier alpha value is -2.55. The van der Waals surface area contributed by atoms with Crippen LogP contribution >= 0.6 is 0 Å². The first-order valence-electron chi connectivity index (χ1n) is 7.34. The Morgan fingerprint density at radius 3 is 2.81 bits per heavy atom. The van der Waals surface area contributed by atoms with E-state index < -0.39 is 0 Å². The molecule has 102 valence electrons. The van der Waals surface area contributed by atoms with Crippen molar-refractivity contribution in [2.75, 3.05) is 6.54 Å². The standard InChI is InChI=1S/C18H14N2O/c21-18-14-7-2-1-6-13(14)17-16-12(9-10-20(17)18)11-5-3-4-8-15(11)19-16/h1-8,17,19H,9-10H2. The molecule has 0 saturated carbocycles. The molecule has 5 rings (SSSR count). The fourth-order valence-electron chi connectivity index (χ4n) is 3.87. The van der Waals surface area contributed by atoms with Crippen LogP contribution in [0.1, 0.15) is 33.2 Å². The van der Waals surface area contributed by atoms with Crippen molar-refractivity contribution >= 4 is 16.8 Å². The normalized spacial score (nSPS) is 19.5. The van der Waals surface area contributed by atoms with Crippen LogP contribution in [0.2, 0.25) is 0 Å². The maximum atomic E-state index is 12.6. The third kappa shape index (κ3) is 1.31. The van der Waals surface area contributed by atoms with Crippen LogP contribution in [-0.4, -0.2) is 22.3 Å². The topological polar surface area (TPSA) is 36.1 Å². The zero-order chi connectivity index (χ0) is 14.0. The SMILES string of the molecule is O=C1c2ccccc2C2c3[nH]c4ccccc4c3CCN12. The molecule has 0 aliphatic carbocycles. The predicted molar refractivity (Wildman–Crippen MR) is 81.3 cm³/mol. The van der Waals surface area contributed by atoms with Crippen LogP contribution in [-0.2, 0) is 6.42 Å². The molecule has 2 aliphatic rings. The van der Waals surface area contributed by atoms with Crippen LogP contribution in [0, 0.1) is 0 Å². The Bertz CT molecular complexity index is 893. The van der Waals surface area contributed by atoms with Crippen molar-refractivity contribution in [3.05, 3.63) is 70.9 Å². The molecule has 1 aromatic heterocycles. The van der Waals surface area contributed by atoms with Crippen molar-refractivity contribution in [3.8, 4) is 0 Å². The van der Waals surface area contributed by atoms with Gasteiger partial charge in [0.2, 0.25) is 0 Å². The summed E-state index contributed by atoms with van der Waals surface area (Å²) in [5, 5.41) is 1.30. The lowest BCUT2D eigenvalue weighted by atomic mass is 9.94. The number of aromatic nitrogens is 1. The van der Waals surface area contributed by atoms with Gasteiger partial charge in [0.05, 0.1) is 6.04 Å². The number of nitrogens with zero attached hydrogens (tertiary/aromatic N) is 1. The van der Waals surface area contributed by atoms with E-state index in [1.807, 2.05) is 23.1 Å². The van der Waals surface area contributed by atoms with E-state index >= 15 is 0 Å². The van der Waals surface area contributed by atoms with E-state index in [0.717, 1.165) is 24.1 Å². The average Bonchev–Trinajstić information content (AvgIpc) is 3.04. The number of hydrogen-bond donors (Lipinski definition) is 1. The van der Waals surface area contributed by atoms with Gasteiger partial charge in [-0.15, -0.1) is 0 Å². The number of hydrogen-bond acceptors (Lipinski definition) is 1. The van der Waals surface area contributed by atoms with Crippen LogP contribution in [0.25, 0.3) is 10.9 Å². The summed E-state index contributed by atoms with van der Waals surface area (Å²) >= 11 is 0. The zero-order valence-corrected chi connectivity index (χ0v) is 11.5. The molecule has 0 saturated heterocycles. The van der Waals surface area contributed by atoms with E-state index in [0.29, 0.717) is 0 Å². The number of H-pyrrole nitrogens is 1. The first kappa shape index (κ1) is 11.1. The summed E-state index contributed by atoms with van der Waals surface area (Å²) in [6.07, 6.45) is 0.926. The van der Waals surface area contributed by atoms with Crippen molar-refractivity contribution in [1.29, 1.82) is 0 Å². The largest absolute Gasteiger partial charge is 0.356 e. The molecule has 1 amide bonds. The highest BCUT2D eigenvalue weighted by Gasteiger charge is 2.41. The molecule has 2 aliphatic heterocycles. The third-order valence-electron chi connectivity index (χ3n) is 4.78. The van der Waals surface area contributed by atoms with E-state index in [-0.39, 0.29) is 11.9 Å². The molecule has 0 radical (unpaired) electrons. The summed E-state index contributed by atoms with van der Waals surface area (Å²) in [6, 6.07) is 16.5. The van der Waals surface area contributed by atoms with E-state index in [4.69, 9.17) is 0 Å². The molecule has 1 unspecified atom stereocenters. The summed E-state index contributed by atoms with van der Waals surface area (Å²) < 4.78 is 0. The number of rotatable bonds is 0. The number of fused-ring (bicyclic) bond motifs is 7. The summed E-state index contributed by atoms with van der Waals surface area (Å²) in [6.45, 7) is 0.799. The lowest BCUT2D eigenvalue weighted by Crippen LogP contribution is -2.34. The van der Waals surface area contributed by atoms with Gasteiger partial charge in [0, 0.05) is 28.7 Å². The number of aromatic amines is 1. The van der Waals surface area contributed by atoms with Crippen molar-refractivity contribution in [2.45, 2.75) is 12.5 Å². The van der Waals surface area contributed by atoms with Gasteiger partial charge in [-0.3, -0.25) is 4.79 Å². The Kier molecular flexibility index (Phi) is 1.99. The highest BCUT2D eigenvalue weighted by Crippen LogP contribution is 2.43. The van der Waals surface area contributed by atoms with E-state index in [1.165, 1.54) is 22.2 Å². The monoisotopic (exact) mass is 274 g/mol. The first-order valence-corrected chi connectivity index (χ1v) is 7.34. The molecule has 3 heteroatoms. The van der Waals surface area contributed by atoms with Crippen LogP contribution in [0.15, 0.2) is 48.5 Å². The number of para-hydroxylation sites is 1. The van der Waals surface area contributed by atoms with Gasteiger partial charge in [-0.25, -0.2) is 0 Å². The lowest BCUT2D eigenvalue weighted by molar-refractivity contribution is 0.0738. The van der Waals surface area contributed by atoms with Gasteiger partial charge in [-0.1, -0.05) is 36.4 Å². The number of carbonyl (C=O) groups is 1. The summed E-state index contributed by atoms with van der Waals surface area (Å²) in [4.78, 5) is 18.1. The quantitative estimate of drug-likeness (QED) is 0.671. The minimum Gasteiger partial charge on any atom is -0.356 e. The molecule has 0 bridgehead atoms. The summed E-state index contributed by atoms with van der Waals surface area (Å²) in [5.41, 5.74) is 5.72. The predicted octanol–water partition coefficient (Wildman–Crippen LogP) is 3.27. The van der Waals surface area contributed by atoms with E-state index in [2.05, 4.69) is 35.3 Å². The molecule has 21 heavy (non-hydrogen) atoms. The maximum Gasteiger partial charge on any atom is 0.255 e. The second kappa shape index (κ2) is 3.76. The van der Waals surface area contributed by atoms with Gasteiger partial charge in [0.25, 0.3) is 5.91 Å². The van der Waals surface area contributed by atoms with E-state index in [1.54, 1.807) is 0 Å². The van der Waals surface area contributed by atoms with Crippen LogP contribution in [0.3, 0.4) is 0 Å². The van der Waals surface area contributed by atoms with Crippen molar-refractivity contribution in [2.24, 2.45) is 0 Å². The summed E-state index contributed by atoms with van der Waals surface area (Å²) in [7, 11) is 0. The molecule has 3 heterocycles. The Morgan fingerprint density at radius 1 is 1.05 bits per heavy atom. The van der Waals surface area contributed by atoms with Gasteiger partial charge in [0.1, 0.15) is 0 Å². The van der Waals surface area contributed by atoms with Crippen molar-refractivity contribution in [3.63, 3.8) is 0 Å². The summed E-state index contributed by atoms with van der Waals surface area (Å²) in [5.74, 6) is 0.167. The van der Waals surface area contributed by atoms with E-state index in [9.17, 15) is 4.79 Å². The Balaban J connectivity index is 1.81. The fourth-order valence-corrected chi connectivity index (χ4v) is 3.87. The average molecular weight is 274 g/mol. The minimum absolute atomic E-state index is 0.0600. The molecular formula is C18H14N2O. The number of nitrogens with one attached hydrogen (secondary N) is 1. The van der Waals surface area contributed by atoms with Gasteiger partial charge in [-0.2, -0.15) is 0 Å². The molecule has 0 spiro atoms. The highest BCUT2D eigenvalue weighted by molar-refractivity contribution is 6.00.